The van der Waals surface area contributed by atoms with Gasteiger partial charge in [-0.3, -0.25) is 5.01 Å². The van der Waals surface area contributed by atoms with E-state index < -0.39 is 0 Å². The summed E-state index contributed by atoms with van der Waals surface area (Å²) in [4.78, 5) is 2.23. The molecule has 0 radical (unpaired) electrons. The summed E-state index contributed by atoms with van der Waals surface area (Å²) in [7, 11) is 0. The molecule has 0 bridgehead atoms. The Hall–Kier alpha value is -0.990. The first-order chi connectivity index (χ1) is 8.61. The van der Waals surface area contributed by atoms with Crippen LogP contribution < -0.4 is 0 Å². The summed E-state index contributed by atoms with van der Waals surface area (Å²) in [6.45, 7) is 12.7. The van der Waals surface area contributed by atoms with E-state index in [0.29, 0.717) is 6.04 Å². The van der Waals surface area contributed by atoms with E-state index in [9.17, 15) is 0 Å². The van der Waals surface area contributed by atoms with Crippen LogP contribution in [0.5, 0.6) is 0 Å². The van der Waals surface area contributed by atoms with E-state index in [1.54, 1.807) is 0 Å². The molecule has 0 aromatic carbocycles. The highest BCUT2D eigenvalue weighted by molar-refractivity contribution is 5.56. The zero-order valence-electron chi connectivity index (χ0n) is 12.0. The number of hydrogen-bond acceptors (Lipinski definition) is 3. The van der Waals surface area contributed by atoms with Gasteiger partial charge in [0.25, 0.3) is 0 Å². The van der Waals surface area contributed by atoms with Crippen LogP contribution in [0.4, 0.5) is 0 Å². The van der Waals surface area contributed by atoms with Gasteiger partial charge in [0.05, 0.1) is 6.04 Å². The van der Waals surface area contributed by atoms with Crippen molar-refractivity contribution in [1.82, 2.24) is 9.91 Å². The zero-order valence-corrected chi connectivity index (χ0v) is 12.0. The molecule has 1 fully saturated rings. The molecule has 3 atom stereocenters. The van der Waals surface area contributed by atoms with Crippen molar-refractivity contribution in [1.29, 1.82) is 0 Å². The lowest BCUT2D eigenvalue weighted by Gasteiger charge is -2.41. The third-order valence-corrected chi connectivity index (χ3v) is 4.42. The van der Waals surface area contributed by atoms with Crippen LogP contribution in [0.15, 0.2) is 17.8 Å². The van der Waals surface area contributed by atoms with Crippen LogP contribution in [0, 0.1) is 17.8 Å². The van der Waals surface area contributed by atoms with Gasteiger partial charge >= 0.3 is 0 Å². The van der Waals surface area contributed by atoms with E-state index in [2.05, 4.69) is 42.4 Å². The summed E-state index contributed by atoms with van der Waals surface area (Å²) in [5, 5.41) is 6.92. The fourth-order valence-electron chi connectivity index (χ4n) is 3.35. The van der Waals surface area contributed by atoms with Crippen LogP contribution in [0.1, 0.15) is 40.0 Å². The van der Waals surface area contributed by atoms with Gasteiger partial charge in [-0.1, -0.05) is 33.3 Å². The second kappa shape index (κ2) is 5.77. The van der Waals surface area contributed by atoms with E-state index in [4.69, 9.17) is 0 Å². The molecule has 0 N–H and O–H groups in total. The highest BCUT2D eigenvalue weighted by atomic mass is 15.6. The van der Waals surface area contributed by atoms with E-state index in [1.807, 2.05) is 12.4 Å². The molecule has 0 saturated heterocycles. The van der Waals surface area contributed by atoms with E-state index in [1.165, 1.54) is 19.3 Å². The Bertz CT molecular complexity index is 311. The van der Waals surface area contributed by atoms with Crippen molar-refractivity contribution < 1.29 is 0 Å². The Kier molecular flexibility index (Phi) is 4.31. The van der Waals surface area contributed by atoms with Gasteiger partial charge in [-0.25, -0.2) is 0 Å². The summed E-state index contributed by atoms with van der Waals surface area (Å²) in [5.41, 5.74) is 0. The predicted molar refractivity (Wildman–Crippen MR) is 77.2 cm³/mol. The topological polar surface area (TPSA) is 18.8 Å². The van der Waals surface area contributed by atoms with Crippen LogP contribution in [0.2, 0.25) is 0 Å². The van der Waals surface area contributed by atoms with E-state index >= 15 is 0 Å². The normalized spacial score (nSPS) is 32.3. The smallest absolute Gasteiger partial charge is 0.113 e. The van der Waals surface area contributed by atoms with Gasteiger partial charge in [0, 0.05) is 6.54 Å². The monoisotopic (exact) mass is 249 g/mol. The molecule has 102 valence electrons. The Morgan fingerprint density at radius 1 is 1.44 bits per heavy atom. The summed E-state index contributed by atoms with van der Waals surface area (Å²) < 4.78 is 0. The van der Waals surface area contributed by atoms with Gasteiger partial charge in [-0.2, -0.15) is 5.10 Å². The standard InChI is InChI=1S/C15H27N3/c1-5-8-17-10-16-18(11-17)15-9-13(4)6-7-14(15)12(2)3/h5,10,12-15H,1,6-9,11H2,2-4H3/t13-,14+,15+/m0/s1. The van der Waals surface area contributed by atoms with Gasteiger partial charge in [-0.05, 0) is 30.6 Å². The summed E-state index contributed by atoms with van der Waals surface area (Å²) in [6.07, 6.45) is 7.95. The number of hydrogen-bond donors (Lipinski definition) is 0. The average Bonchev–Trinajstić information content (AvgIpc) is 2.77. The lowest BCUT2D eigenvalue weighted by atomic mass is 9.74. The average molecular weight is 249 g/mol. The number of nitrogens with zero attached hydrogens (tertiary/aromatic N) is 3. The van der Waals surface area contributed by atoms with Crippen LogP contribution in [0.3, 0.4) is 0 Å². The molecule has 0 aromatic heterocycles. The lowest BCUT2D eigenvalue weighted by molar-refractivity contribution is 0.0529. The fourth-order valence-corrected chi connectivity index (χ4v) is 3.35. The van der Waals surface area contributed by atoms with Gasteiger partial charge < -0.3 is 4.90 Å². The van der Waals surface area contributed by atoms with Crippen LogP contribution in [-0.4, -0.2) is 35.5 Å². The molecular formula is C15H27N3. The quantitative estimate of drug-likeness (QED) is 0.713. The lowest BCUT2D eigenvalue weighted by Crippen LogP contribution is -2.44. The SMILES string of the molecule is C=CCN1C=NN([C@@H]2C[C@@H](C)CC[C@@H]2C(C)C)C1. The first kappa shape index (κ1) is 13.4. The molecule has 1 aliphatic carbocycles. The summed E-state index contributed by atoms with van der Waals surface area (Å²) in [5.74, 6) is 2.39. The van der Waals surface area contributed by atoms with E-state index in [-0.39, 0.29) is 0 Å². The zero-order chi connectivity index (χ0) is 13.1. The second-order valence-electron chi connectivity index (χ2n) is 6.27. The molecule has 0 amide bonds. The number of hydrazone groups is 1. The van der Waals surface area contributed by atoms with Crippen molar-refractivity contribution in [3.8, 4) is 0 Å². The van der Waals surface area contributed by atoms with Gasteiger partial charge in [0.2, 0.25) is 0 Å². The molecule has 1 aliphatic heterocycles. The molecule has 2 rings (SSSR count). The van der Waals surface area contributed by atoms with Gasteiger partial charge in [0.15, 0.2) is 0 Å². The van der Waals surface area contributed by atoms with Gasteiger partial charge in [0.1, 0.15) is 13.0 Å². The largest absolute Gasteiger partial charge is 0.338 e. The first-order valence-corrected chi connectivity index (χ1v) is 7.27. The highest BCUT2D eigenvalue weighted by Gasteiger charge is 2.35. The molecule has 1 saturated carbocycles. The highest BCUT2D eigenvalue weighted by Crippen LogP contribution is 2.37. The van der Waals surface area contributed by atoms with Crippen molar-refractivity contribution in [3.05, 3.63) is 12.7 Å². The molecule has 3 nitrogen and oxygen atoms in total. The van der Waals surface area contributed by atoms with Crippen molar-refractivity contribution in [2.24, 2.45) is 22.9 Å². The molecule has 0 spiro atoms. The molecule has 3 heteroatoms. The van der Waals surface area contributed by atoms with Crippen molar-refractivity contribution in [3.63, 3.8) is 0 Å². The van der Waals surface area contributed by atoms with Crippen molar-refractivity contribution in [2.45, 2.75) is 46.1 Å². The maximum absolute atomic E-state index is 4.61. The first-order valence-electron chi connectivity index (χ1n) is 7.27. The van der Waals surface area contributed by atoms with Crippen LogP contribution in [0.25, 0.3) is 0 Å². The fraction of sp³-hybridized carbons (Fsp3) is 0.800. The predicted octanol–water partition coefficient (Wildman–Crippen LogP) is 3.15. The summed E-state index contributed by atoms with van der Waals surface area (Å²) >= 11 is 0. The molecule has 0 unspecified atom stereocenters. The third kappa shape index (κ3) is 2.88. The van der Waals surface area contributed by atoms with Crippen LogP contribution >= 0.6 is 0 Å². The van der Waals surface area contributed by atoms with Crippen LogP contribution in [-0.2, 0) is 0 Å². The minimum absolute atomic E-state index is 0.625. The maximum Gasteiger partial charge on any atom is 0.113 e. The Balaban J connectivity index is 2.01. The summed E-state index contributed by atoms with van der Waals surface area (Å²) in [6, 6.07) is 0.625. The van der Waals surface area contributed by atoms with Crippen molar-refractivity contribution in [2.75, 3.05) is 13.2 Å². The molecule has 2 aliphatic rings. The Labute approximate surface area is 112 Å². The van der Waals surface area contributed by atoms with E-state index in [0.717, 1.165) is 31.0 Å². The second-order valence-corrected chi connectivity index (χ2v) is 6.27. The minimum Gasteiger partial charge on any atom is -0.338 e. The molecule has 0 aromatic rings. The minimum atomic E-state index is 0.625. The third-order valence-electron chi connectivity index (χ3n) is 4.42. The van der Waals surface area contributed by atoms with Crippen molar-refractivity contribution >= 4 is 6.34 Å². The Morgan fingerprint density at radius 3 is 2.89 bits per heavy atom. The maximum atomic E-state index is 4.61. The van der Waals surface area contributed by atoms with Gasteiger partial charge in [-0.15, -0.1) is 6.58 Å². The Morgan fingerprint density at radius 2 is 2.22 bits per heavy atom. The molecular weight excluding hydrogens is 222 g/mol. The number of rotatable bonds is 4. The molecule has 18 heavy (non-hydrogen) atoms. The molecule has 1 heterocycles.